The zero-order valence-electron chi connectivity index (χ0n) is 17.9. The fourth-order valence-electron chi connectivity index (χ4n) is 4.06. The van der Waals surface area contributed by atoms with Gasteiger partial charge in [-0.05, 0) is 37.6 Å². The Morgan fingerprint density at radius 2 is 1.43 bits per heavy atom. The molecule has 0 spiro atoms. The van der Waals surface area contributed by atoms with Crippen LogP contribution < -0.4 is 17.2 Å². The number of carbonyl (C=O) groups excluding carboxylic acids is 4. The number of nitrogens with two attached hydrogens (primary N) is 3. The highest BCUT2D eigenvalue weighted by atomic mass is 16.2. The van der Waals surface area contributed by atoms with Crippen LogP contribution in [0.15, 0.2) is 0 Å². The number of rotatable bonds is 9. The summed E-state index contributed by atoms with van der Waals surface area (Å²) in [6.45, 7) is 5.36. The average molecular weight is 423 g/mol. The van der Waals surface area contributed by atoms with Crippen LogP contribution in [0.4, 0.5) is 0 Å². The van der Waals surface area contributed by atoms with E-state index < -0.39 is 23.9 Å². The minimum Gasteiger partial charge on any atom is -0.368 e. The van der Waals surface area contributed by atoms with Gasteiger partial charge in [-0.15, -0.1) is 0 Å². The van der Waals surface area contributed by atoms with Crippen molar-refractivity contribution in [1.29, 1.82) is 5.26 Å². The van der Waals surface area contributed by atoms with E-state index in [2.05, 4.69) is 0 Å². The number of nitriles is 1. The highest BCUT2D eigenvalue weighted by Crippen LogP contribution is 2.24. The molecule has 0 bridgehead atoms. The maximum absolute atomic E-state index is 11.6. The van der Waals surface area contributed by atoms with E-state index in [4.69, 9.17) is 22.5 Å². The van der Waals surface area contributed by atoms with Gasteiger partial charge in [0.1, 0.15) is 12.1 Å². The van der Waals surface area contributed by atoms with Gasteiger partial charge in [0, 0.05) is 32.4 Å². The Kier molecular flexibility index (Phi) is 10.3. The van der Waals surface area contributed by atoms with Crippen molar-refractivity contribution in [3.8, 4) is 6.07 Å². The SMILES string of the molecule is CC[C@@H](C(N)=O)N1CC(CC#N)CC1=O.CC[C@@H](C(N)=O)N1CC(CCN)CC1=O. The maximum Gasteiger partial charge on any atom is 0.240 e. The number of amides is 4. The van der Waals surface area contributed by atoms with Crippen molar-refractivity contribution in [2.45, 2.75) is 64.5 Å². The van der Waals surface area contributed by atoms with Crippen LogP contribution in [0, 0.1) is 23.2 Å². The second kappa shape index (κ2) is 12.1. The molecule has 30 heavy (non-hydrogen) atoms. The molecule has 4 atom stereocenters. The predicted octanol–water partition coefficient (Wildman–Crippen LogP) is -0.540. The van der Waals surface area contributed by atoms with Crippen molar-refractivity contribution in [3.63, 3.8) is 0 Å². The normalized spacial score (nSPS) is 22.9. The third-order valence-corrected chi connectivity index (χ3v) is 5.61. The fraction of sp³-hybridized carbons (Fsp3) is 0.750. The smallest absolute Gasteiger partial charge is 0.240 e. The van der Waals surface area contributed by atoms with Gasteiger partial charge in [0.2, 0.25) is 23.6 Å². The van der Waals surface area contributed by atoms with E-state index >= 15 is 0 Å². The molecule has 2 aliphatic rings. The van der Waals surface area contributed by atoms with E-state index in [1.165, 1.54) is 4.90 Å². The summed E-state index contributed by atoms with van der Waals surface area (Å²) in [7, 11) is 0. The highest BCUT2D eigenvalue weighted by Gasteiger charge is 2.36. The first kappa shape index (κ1) is 25.4. The van der Waals surface area contributed by atoms with E-state index in [1.54, 1.807) is 4.90 Å². The van der Waals surface area contributed by atoms with Crippen LogP contribution in [0.5, 0.6) is 0 Å². The zero-order chi connectivity index (χ0) is 22.8. The van der Waals surface area contributed by atoms with Crippen LogP contribution in [-0.2, 0) is 19.2 Å². The van der Waals surface area contributed by atoms with Crippen molar-refractivity contribution in [3.05, 3.63) is 0 Å². The number of likely N-dealkylation sites (tertiary alicyclic amines) is 2. The molecule has 2 fully saturated rings. The largest absolute Gasteiger partial charge is 0.368 e. The maximum atomic E-state index is 11.6. The Balaban J connectivity index is 0.000000300. The first-order valence-electron chi connectivity index (χ1n) is 10.4. The second-order valence-corrected chi connectivity index (χ2v) is 7.82. The molecular formula is C20H34N6O4. The summed E-state index contributed by atoms with van der Waals surface area (Å²) < 4.78 is 0. The minimum absolute atomic E-state index is 0.0269. The van der Waals surface area contributed by atoms with Crippen molar-refractivity contribution >= 4 is 23.6 Å². The van der Waals surface area contributed by atoms with Crippen LogP contribution in [0.25, 0.3) is 0 Å². The van der Waals surface area contributed by atoms with Gasteiger partial charge in [-0.3, -0.25) is 19.2 Å². The molecule has 6 N–H and O–H groups in total. The van der Waals surface area contributed by atoms with Crippen LogP contribution >= 0.6 is 0 Å². The van der Waals surface area contributed by atoms with Crippen LogP contribution in [0.1, 0.15) is 52.4 Å². The molecule has 0 aromatic carbocycles. The molecule has 0 aromatic heterocycles. The lowest BCUT2D eigenvalue weighted by Crippen LogP contribution is -2.45. The molecule has 2 heterocycles. The molecule has 168 valence electrons. The Bertz CT molecular complexity index is 677. The molecule has 2 rings (SSSR count). The Morgan fingerprint density at radius 1 is 1.00 bits per heavy atom. The number of nitrogens with zero attached hydrogens (tertiary/aromatic N) is 3. The van der Waals surface area contributed by atoms with Crippen molar-refractivity contribution in [2.75, 3.05) is 19.6 Å². The summed E-state index contributed by atoms with van der Waals surface area (Å²) >= 11 is 0. The van der Waals surface area contributed by atoms with Gasteiger partial charge in [0.25, 0.3) is 0 Å². The number of carbonyl (C=O) groups is 4. The van der Waals surface area contributed by atoms with Gasteiger partial charge in [-0.1, -0.05) is 13.8 Å². The summed E-state index contributed by atoms with van der Waals surface area (Å²) in [5.41, 5.74) is 15.9. The van der Waals surface area contributed by atoms with Gasteiger partial charge in [-0.2, -0.15) is 5.26 Å². The highest BCUT2D eigenvalue weighted by molar-refractivity contribution is 5.88. The van der Waals surface area contributed by atoms with Crippen molar-refractivity contribution in [1.82, 2.24) is 9.80 Å². The van der Waals surface area contributed by atoms with Crippen LogP contribution in [0.2, 0.25) is 0 Å². The monoisotopic (exact) mass is 422 g/mol. The summed E-state index contributed by atoms with van der Waals surface area (Å²) in [6, 6.07) is 1.08. The van der Waals surface area contributed by atoms with Crippen LogP contribution in [-0.4, -0.2) is 65.1 Å². The summed E-state index contributed by atoms with van der Waals surface area (Å²) in [4.78, 5) is 48.5. The van der Waals surface area contributed by atoms with E-state index in [9.17, 15) is 19.2 Å². The van der Waals surface area contributed by atoms with Gasteiger partial charge >= 0.3 is 0 Å². The molecule has 0 saturated carbocycles. The summed E-state index contributed by atoms with van der Waals surface area (Å²) in [6.07, 6.45) is 3.16. The van der Waals surface area contributed by atoms with E-state index in [0.29, 0.717) is 51.7 Å². The number of hydrogen-bond acceptors (Lipinski definition) is 6. The first-order chi connectivity index (χ1) is 14.2. The third kappa shape index (κ3) is 6.69. The van der Waals surface area contributed by atoms with E-state index in [0.717, 1.165) is 6.42 Å². The molecule has 2 saturated heterocycles. The zero-order valence-corrected chi connectivity index (χ0v) is 17.9. The lowest BCUT2D eigenvalue weighted by atomic mass is 10.1. The molecular weight excluding hydrogens is 388 g/mol. The Morgan fingerprint density at radius 3 is 1.80 bits per heavy atom. The molecule has 0 aliphatic carbocycles. The Labute approximate surface area is 177 Å². The van der Waals surface area contributed by atoms with E-state index in [-0.39, 0.29) is 23.7 Å². The van der Waals surface area contributed by atoms with Crippen LogP contribution in [0.3, 0.4) is 0 Å². The summed E-state index contributed by atoms with van der Waals surface area (Å²) in [5.74, 6) is -0.588. The minimum atomic E-state index is -0.513. The lowest BCUT2D eigenvalue weighted by Gasteiger charge is -2.24. The van der Waals surface area contributed by atoms with Gasteiger partial charge in [0.15, 0.2) is 0 Å². The molecule has 10 heteroatoms. The Hall–Kier alpha value is -2.67. The van der Waals surface area contributed by atoms with Gasteiger partial charge in [0.05, 0.1) is 6.07 Å². The van der Waals surface area contributed by atoms with Gasteiger partial charge < -0.3 is 27.0 Å². The van der Waals surface area contributed by atoms with E-state index in [1.807, 2.05) is 19.9 Å². The second-order valence-electron chi connectivity index (χ2n) is 7.82. The number of hydrogen-bond donors (Lipinski definition) is 3. The molecule has 10 nitrogen and oxygen atoms in total. The first-order valence-corrected chi connectivity index (χ1v) is 10.4. The van der Waals surface area contributed by atoms with Crippen molar-refractivity contribution in [2.24, 2.45) is 29.0 Å². The molecule has 0 radical (unpaired) electrons. The topological polar surface area (TPSA) is 177 Å². The van der Waals surface area contributed by atoms with Gasteiger partial charge in [-0.25, -0.2) is 0 Å². The lowest BCUT2D eigenvalue weighted by molar-refractivity contribution is -0.136. The molecule has 4 amide bonds. The standard InChI is InChI=1S/C10H19N3O2.C10H15N3O2/c2*1-2-8(10(12)15)13-6-7(3-4-11)5-9(13)14/h7-8H,2-6,11H2,1H3,(H2,12,15);7-8H,2-3,5-6H2,1H3,(H2,12,15)/t2*7?,8-/m00/s1. The quantitative estimate of drug-likeness (QED) is 0.449. The third-order valence-electron chi connectivity index (χ3n) is 5.61. The predicted molar refractivity (Wildman–Crippen MR) is 110 cm³/mol. The average Bonchev–Trinajstić information content (AvgIpc) is 3.20. The van der Waals surface area contributed by atoms with Crippen molar-refractivity contribution < 1.29 is 19.2 Å². The fourth-order valence-corrected chi connectivity index (χ4v) is 4.06. The molecule has 2 aliphatic heterocycles. The summed E-state index contributed by atoms with van der Waals surface area (Å²) in [5, 5.41) is 8.53. The molecule has 2 unspecified atom stereocenters. The number of primary amides is 2. The molecule has 0 aromatic rings.